The number of sulfone groups is 1. The molecule has 2 amide bonds. The highest BCUT2D eigenvalue weighted by molar-refractivity contribution is 8.00. The zero-order chi connectivity index (χ0) is 15.6. The van der Waals surface area contributed by atoms with Crippen LogP contribution >= 0.6 is 11.8 Å². The predicted octanol–water partition coefficient (Wildman–Crippen LogP) is 0.465. The number of carbonyl (C=O) groups excluding carboxylic acids is 1. The van der Waals surface area contributed by atoms with Crippen molar-refractivity contribution in [3.63, 3.8) is 0 Å². The van der Waals surface area contributed by atoms with Crippen molar-refractivity contribution >= 4 is 33.6 Å². The maximum absolute atomic E-state index is 12.6. The lowest BCUT2D eigenvalue weighted by molar-refractivity contribution is -0.141. The van der Waals surface area contributed by atoms with E-state index in [1.54, 1.807) is 0 Å². The minimum absolute atomic E-state index is 0.0474. The monoisotopic (exact) mass is 336 g/mol. The second kappa shape index (κ2) is 6.43. The maximum atomic E-state index is 12.6. The van der Waals surface area contributed by atoms with E-state index in [2.05, 4.69) is 0 Å². The van der Waals surface area contributed by atoms with E-state index >= 15 is 0 Å². The molecule has 0 aromatic rings. The van der Waals surface area contributed by atoms with Gasteiger partial charge in [-0.25, -0.2) is 18.0 Å². The van der Waals surface area contributed by atoms with Crippen LogP contribution in [0.25, 0.3) is 0 Å². The van der Waals surface area contributed by atoms with E-state index < -0.39 is 21.8 Å². The molecule has 120 valence electrons. The first-order valence-corrected chi connectivity index (χ1v) is 9.85. The van der Waals surface area contributed by atoms with E-state index in [0.717, 1.165) is 0 Å². The number of carboxylic acids is 1. The van der Waals surface area contributed by atoms with Gasteiger partial charge in [0.2, 0.25) is 0 Å². The van der Waals surface area contributed by atoms with Crippen LogP contribution in [0.15, 0.2) is 0 Å². The molecular weight excluding hydrogens is 316 g/mol. The van der Waals surface area contributed by atoms with Crippen LogP contribution in [0.2, 0.25) is 0 Å². The number of nitrogens with zero attached hydrogens (tertiary/aromatic N) is 2. The van der Waals surface area contributed by atoms with E-state index in [-0.39, 0.29) is 29.5 Å². The summed E-state index contributed by atoms with van der Waals surface area (Å²) in [6, 6.07) is -1.18. The minimum Gasteiger partial charge on any atom is -0.480 e. The van der Waals surface area contributed by atoms with Gasteiger partial charge in [-0.1, -0.05) is 6.92 Å². The maximum Gasteiger partial charge on any atom is 0.327 e. The number of hydrogen-bond acceptors (Lipinski definition) is 5. The van der Waals surface area contributed by atoms with Gasteiger partial charge in [0.15, 0.2) is 9.84 Å². The van der Waals surface area contributed by atoms with E-state index in [1.807, 2.05) is 6.92 Å². The lowest BCUT2D eigenvalue weighted by Crippen LogP contribution is -2.52. The Hall–Kier alpha value is -0.960. The van der Waals surface area contributed by atoms with Gasteiger partial charge in [0.05, 0.1) is 16.9 Å². The summed E-state index contributed by atoms with van der Waals surface area (Å²) in [7, 11) is -3.09. The number of aliphatic carboxylic acids is 1. The van der Waals surface area contributed by atoms with Crippen molar-refractivity contribution in [3.05, 3.63) is 0 Å². The number of rotatable bonds is 2. The van der Waals surface area contributed by atoms with Crippen LogP contribution in [0, 0.1) is 0 Å². The Bertz CT molecular complexity index is 522. The molecular formula is C12H20N2O5S2. The summed E-state index contributed by atoms with van der Waals surface area (Å²) in [4.78, 5) is 26.8. The van der Waals surface area contributed by atoms with Gasteiger partial charge in [-0.05, 0) is 12.8 Å². The second-order valence-electron chi connectivity index (χ2n) is 5.23. The Morgan fingerprint density at radius 1 is 1.29 bits per heavy atom. The highest BCUT2D eigenvalue weighted by Crippen LogP contribution is 2.32. The summed E-state index contributed by atoms with van der Waals surface area (Å²) in [5.74, 6) is -0.584. The lowest BCUT2D eigenvalue weighted by Gasteiger charge is -2.32. The second-order valence-corrected chi connectivity index (χ2v) is 8.75. The van der Waals surface area contributed by atoms with E-state index in [0.29, 0.717) is 25.1 Å². The van der Waals surface area contributed by atoms with Crippen LogP contribution in [-0.2, 0) is 14.6 Å². The molecule has 2 rings (SSSR count). The molecule has 9 heteroatoms. The number of thioether (sulfide) groups is 1. The zero-order valence-corrected chi connectivity index (χ0v) is 13.5. The Morgan fingerprint density at radius 2 is 2.00 bits per heavy atom. The summed E-state index contributed by atoms with van der Waals surface area (Å²) >= 11 is 1.46. The quantitative estimate of drug-likeness (QED) is 0.787. The van der Waals surface area contributed by atoms with Gasteiger partial charge in [-0.3, -0.25) is 4.90 Å². The zero-order valence-electron chi connectivity index (χ0n) is 11.9. The summed E-state index contributed by atoms with van der Waals surface area (Å²) in [6.07, 6.45) is 1.08. The molecule has 0 radical (unpaired) electrons. The van der Waals surface area contributed by atoms with Crippen LogP contribution < -0.4 is 0 Å². The predicted molar refractivity (Wildman–Crippen MR) is 80.0 cm³/mol. The van der Waals surface area contributed by atoms with Crippen molar-refractivity contribution in [2.45, 2.75) is 31.2 Å². The molecule has 0 aliphatic carbocycles. The van der Waals surface area contributed by atoms with Gasteiger partial charge in [0.1, 0.15) is 6.04 Å². The van der Waals surface area contributed by atoms with Crippen molar-refractivity contribution in [3.8, 4) is 0 Å². The number of amides is 2. The van der Waals surface area contributed by atoms with Crippen molar-refractivity contribution in [1.29, 1.82) is 0 Å². The SMILES string of the molecule is CCC1SCC(C(=O)O)N1C(=O)N1CCCS(=O)(=O)CC1. The molecule has 2 aliphatic rings. The standard InChI is InChI=1S/C12H20N2O5S2/c1-2-10-14(9(8-20-10)11(15)16)12(17)13-4-3-6-21(18,19)7-5-13/h9-10H,2-8H2,1H3,(H,15,16). The molecule has 0 spiro atoms. The molecule has 1 N–H and O–H groups in total. The third-order valence-corrected chi connectivity index (χ3v) is 6.94. The topological polar surface area (TPSA) is 95.0 Å². The van der Waals surface area contributed by atoms with Gasteiger partial charge in [-0.15, -0.1) is 11.8 Å². The fraction of sp³-hybridized carbons (Fsp3) is 0.833. The molecule has 0 bridgehead atoms. The highest BCUT2D eigenvalue weighted by atomic mass is 32.2. The molecule has 2 aliphatic heterocycles. The summed E-state index contributed by atoms with van der Waals surface area (Å²) in [5.41, 5.74) is 0. The van der Waals surface area contributed by atoms with Crippen molar-refractivity contribution < 1.29 is 23.1 Å². The first-order chi connectivity index (χ1) is 9.85. The number of urea groups is 1. The van der Waals surface area contributed by atoms with Crippen molar-refractivity contribution in [2.24, 2.45) is 0 Å². The van der Waals surface area contributed by atoms with Gasteiger partial charge in [0.25, 0.3) is 0 Å². The van der Waals surface area contributed by atoms with E-state index in [1.165, 1.54) is 21.6 Å². The van der Waals surface area contributed by atoms with Crippen molar-refractivity contribution in [1.82, 2.24) is 9.80 Å². The Labute approximate surface area is 128 Å². The van der Waals surface area contributed by atoms with E-state index in [9.17, 15) is 23.1 Å². The van der Waals surface area contributed by atoms with Gasteiger partial charge >= 0.3 is 12.0 Å². The first-order valence-electron chi connectivity index (χ1n) is 6.98. The average molecular weight is 336 g/mol. The molecule has 0 aromatic heterocycles. The molecule has 2 saturated heterocycles. The lowest BCUT2D eigenvalue weighted by atomic mass is 10.2. The highest BCUT2D eigenvalue weighted by Gasteiger charge is 2.42. The molecule has 2 fully saturated rings. The summed E-state index contributed by atoms with van der Waals surface area (Å²) in [5, 5.41) is 9.11. The van der Waals surface area contributed by atoms with Gasteiger partial charge < -0.3 is 10.0 Å². The third kappa shape index (κ3) is 3.63. The molecule has 21 heavy (non-hydrogen) atoms. The molecule has 2 unspecified atom stereocenters. The summed E-state index contributed by atoms with van der Waals surface area (Å²) in [6.45, 7) is 2.42. The minimum atomic E-state index is -3.09. The smallest absolute Gasteiger partial charge is 0.327 e. The van der Waals surface area contributed by atoms with Crippen LogP contribution in [0.1, 0.15) is 19.8 Å². The fourth-order valence-corrected chi connectivity index (χ4v) is 5.23. The average Bonchev–Trinajstić information content (AvgIpc) is 2.77. The van der Waals surface area contributed by atoms with Crippen LogP contribution in [0.4, 0.5) is 4.79 Å². The normalized spacial score (nSPS) is 29.2. The number of carbonyl (C=O) groups is 2. The number of hydrogen-bond donors (Lipinski definition) is 1. The third-order valence-electron chi connectivity index (χ3n) is 3.77. The first kappa shape index (κ1) is 16.4. The molecule has 0 aromatic carbocycles. The van der Waals surface area contributed by atoms with Crippen molar-refractivity contribution in [2.75, 3.05) is 30.3 Å². The molecule has 0 saturated carbocycles. The fourth-order valence-electron chi connectivity index (χ4n) is 2.62. The van der Waals surface area contributed by atoms with Crippen LogP contribution in [0.5, 0.6) is 0 Å². The number of carboxylic acid groups (broad SMARTS) is 1. The van der Waals surface area contributed by atoms with Crippen LogP contribution in [-0.4, -0.2) is 77.1 Å². The largest absolute Gasteiger partial charge is 0.480 e. The van der Waals surface area contributed by atoms with Gasteiger partial charge in [-0.2, -0.15) is 0 Å². The Morgan fingerprint density at radius 3 is 2.62 bits per heavy atom. The van der Waals surface area contributed by atoms with Gasteiger partial charge in [0, 0.05) is 18.8 Å². The molecule has 7 nitrogen and oxygen atoms in total. The van der Waals surface area contributed by atoms with E-state index in [4.69, 9.17) is 0 Å². The van der Waals surface area contributed by atoms with Crippen LogP contribution in [0.3, 0.4) is 0 Å². The molecule has 2 heterocycles. The Balaban J connectivity index is 2.14. The Kier molecular flexibility index (Phi) is 5.03. The molecule has 2 atom stereocenters. The summed E-state index contributed by atoms with van der Waals surface area (Å²) < 4.78 is 23.2.